The van der Waals surface area contributed by atoms with Gasteiger partial charge in [0.25, 0.3) is 0 Å². The van der Waals surface area contributed by atoms with Crippen molar-refractivity contribution in [3.8, 4) is 0 Å². The zero-order chi connectivity index (χ0) is 28.0. The van der Waals surface area contributed by atoms with Crippen molar-refractivity contribution in [1.29, 1.82) is 0 Å². The Morgan fingerprint density at radius 1 is 0.488 bits per heavy atom. The van der Waals surface area contributed by atoms with Crippen molar-refractivity contribution in [3.05, 3.63) is 0 Å². The highest BCUT2D eigenvalue weighted by atomic mass is 32.3. The van der Waals surface area contributed by atoms with Crippen LogP contribution in [0.4, 0.5) is 0 Å². The fraction of sp³-hybridized carbons (Fsp3) is 1.00. The third-order valence-electron chi connectivity index (χ3n) is 15.9. The molecule has 0 N–H and O–H groups in total. The number of hydrogen-bond acceptors (Lipinski definition) is 4. The molecule has 0 bridgehead atoms. The molecule has 0 aromatic carbocycles. The van der Waals surface area contributed by atoms with E-state index in [9.17, 15) is 8.42 Å². The molecule has 0 spiro atoms. The molecule has 8 aliphatic carbocycles. The monoisotopic (exact) mass is 586 g/mol. The molecule has 41 heavy (non-hydrogen) atoms. The molecule has 0 aromatic heterocycles. The van der Waals surface area contributed by atoms with Crippen LogP contribution in [-0.2, 0) is 18.8 Å². The summed E-state index contributed by atoms with van der Waals surface area (Å²) in [4.78, 5) is 0. The van der Waals surface area contributed by atoms with E-state index in [0.717, 1.165) is 85.9 Å². The van der Waals surface area contributed by atoms with Crippen LogP contribution in [0.5, 0.6) is 0 Å². The van der Waals surface area contributed by atoms with Gasteiger partial charge < -0.3 is 0 Å². The second kappa shape index (κ2) is 10.5. The SMILES string of the molecule is C[C@@]12CCC[C@H]1[C@@H]1CC[C@@H]3C[C@H](OS(=O)(=O)O[C@@H]4CC[C@H]5[C@H](CC[C@@H]6[C@@H]5CC[C@]5(C)CCC[C@@H]65)C4)CC[C@@H]3[C@H]1CC2. The van der Waals surface area contributed by atoms with Crippen LogP contribution in [0.2, 0.25) is 0 Å². The summed E-state index contributed by atoms with van der Waals surface area (Å²) >= 11 is 0. The average Bonchev–Trinajstić information content (AvgIpc) is 3.54. The molecule has 8 rings (SSSR count). The summed E-state index contributed by atoms with van der Waals surface area (Å²) in [6, 6.07) is 0. The van der Waals surface area contributed by atoms with Gasteiger partial charge in [0, 0.05) is 0 Å². The summed E-state index contributed by atoms with van der Waals surface area (Å²) < 4.78 is 38.2. The molecule has 0 aliphatic heterocycles. The molecule has 8 saturated carbocycles. The first-order valence-corrected chi connectivity index (χ1v) is 19.7. The van der Waals surface area contributed by atoms with Crippen molar-refractivity contribution in [2.24, 2.45) is 70.0 Å². The van der Waals surface area contributed by atoms with Crippen molar-refractivity contribution in [2.75, 3.05) is 0 Å². The molecular formula is C36H58O4S. The maximum atomic E-state index is 13.2. The van der Waals surface area contributed by atoms with E-state index >= 15 is 0 Å². The predicted molar refractivity (Wildman–Crippen MR) is 162 cm³/mol. The van der Waals surface area contributed by atoms with Crippen molar-refractivity contribution in [2.45, 2.75) is 154 Å². The van der Waals surface area contributed by atoms with Gasteiger partial charge in [-0.15, -0.1) is 0 Å². The number of hydrogen-bond donors (Lipinski definition) is 0. The topological polar surface area (TPSA) is 52.6 Å². The van der Waals surface area contributed by atoms with Crippen molar-refractivity contribution in [3.63, 3.8) is 0 Å². The van der Waals surface area contributed by atoms with Crippen LogP contribution in [0, 0.1) is 70.0 Å². The summed E-state index contributed by atoms with van der Waals surface area (Å²) in [5, 5.41) is 0. The summed E-state index contributed by atoms with van der Waals surface area (Å²) in [5.74, 6) is 8.45. The first-order chi connectivity index (χ1) is 19.7. The number of fused-ring (bicyclic) bond motifs is 10. The van der Waals surface area contributed by atoms with Gasteiger partial charge in [-0.3, -0.25) is 0 Å². The Kier molecular flexibility index (Phi) is 7.24. The summed E-state index contributed by atoms with van der Waals surface area (Å²) in [7, 11) is -3.94. The first kappa shape index (κ1) is 28.4. The Morgan fingerprint density at radius 3 is 1.39 bits per heavy atom. The van der Waals surface area contributed by atoms with E-state index in [-0.39, 0.29) is 12.2 Å². The fourth-order valence-electron chi connectivity index (χ4n) is 14.1. The molecule has 5 heteroatoms. The lowest BCUT2D eigenvalue weighted by Gasteiger charge is -2.55. The van der Waals surface area contributed by atoms with E-state index in [4.69, 9.17) is 8.37 Å². The van der Waals surface area contributed by atoms with Crippen molar-refractivity contribution < 1.29 is 16.8 Å². The minimum Gasteiger partial charge on any atom is -0.245 e. The highest BCUT2D eigenvalue weighted by Gasteiger charge is 2.55. The summed E-state index contributed by atoms with van der Waals surface area (Å²) in [5.41, 5.74) is 1.23. The van der Waals surface area contributed by atoms with Gasteiger partial charge in [0.05, 0.1) is 12.2 Å². The number of rotatable bonds is 4. The van der Waals surface area contributed by atoms with Gasteiger partial charge in [0.1, 0.15) is 0 Å². The maximum Gasteiger partial charge on any atom is 0.400 e. The minimum atomic E-state index is -3.94. The Morgan fingerprint density at radius 2 is 0.927 bits per heavy atom. The average molecular weight is 587 g/mol. The van der Waals surface area contributed by atoms with E-state index < -0.39 is 10.4 Å². The van der Waals surface area contributed by atoms with Crippen molar-refractivity contribution >= 4 is 10.4 Å². The molecular weight excluding hydrogens is 528 g/mol. The lowest BCUT2D eigenvalue weighted by Crippen LogP contribution is -2.48. The molecule has 0 saturated heterocycles. The van der Waals surface area contributed by atoms with Crippen LogP contribution in [0.15, 0.2) is 0 Å². The predicted octanol–water partition coefficient (Wildman–Crippen LogP) is 9.09. The molecule has 0 heterocycles. The highest BCUT2D eigenvalue weighted by Crippen LogP contribution is 2.64. The van der Waals surface area contributed by atoms with E-state index in [1.165, 1.54) is 89.9 Å². The molecule has 0 amide bonds. The van der Waals surface area contributed by atoms with Crippen LogP contribution in [0.3, 0.4) is 0 Å². The molecule has 14 atom stereocenters. The molecule has 8 fully saturated rings. The van der Waals surface area contributed by atoms with Gasteiger partial charge in [0.15, 0.2) is 0 Å². The van der Waals surface area contributed by atoms with Crippen LogP contribution in [-0.4, -0.2) is 20.6 Å². The van der Waals surface area contributed by atoms with E-state index in [2.05, 4.69) is 13.8 Å². The Balaban J connectivity index is 0.848. The second-order valence-electron chi connectivity index (χ2n) is 17.5. The van der Waals surface area contributed by atoms with Gasteiger partial charge in [-0.1, -0.05) is 26.7 Å². The fourth-order valence-corrected chi connectivity index (χ4v) is 15.2. The molecule has 4 nitrogen and oxygen atoms in total. The Hall–Kier alpha value is -0.130. The van der Waals surface area contributed by atoms with Gasteiger partial charge in [-0.2, -0.15) is 8.42 Å². The molecule has 8 aliphatic rings. The highest BCUT2D eigenvalue weighted by molar-refractivity contribution is 7.81. The third-order valence-corrected chi connectivity index (χ3v) is 16.9. The molecule has 0 aromatic rings. The maximum absolute atomic E-state index is 13.2. The van der Waals surface area contributed by atoms with Gasteiger partial charge in [0.2, 0.25) is 0 Å². The first-order valence-electron chi connectivity index (χ1n) is 18.3. The third kappa shape index (κ3) is 4.91. The Labute approximate surface area is 251 Å². The normalized spacial score (nSPS) is 54.7. The van der Waals surface area contributed by atoms with E-state index in [0.29, 0.717) is 22.7 Å². The zero-order valence-electron chi connectivity index (χ0n) is 26.1. The van der Waals surface area contributed by atoms with Crippen LogP contribution in [0.1, 0.15) is 142 Å². The summed E-state index contributed by atoms with van der Waals surface area (Å²) in [6.45, 7) is 5.17. The van der Waals surface area contributed by atoms with Crippen molar-refractivity contribution in [1.82, 2.24) is 0 Å². The van der Waals surface area contributed by atoms with Crippen LogP contribution >= 0.6 is 0 Å². The second-order valence-corrected chi connectivity index (χ2v) is 18.7. The van der Waals surface area contributed by atoms with E-state index in [1.54, 1.807) is 0 Å². The molecule has 0 radical (unpaired) electrons. The van der Waals surface area contributed by atoms with Crippen LogP contribution in [0.25, 0.3) is 0 Å². The molecule has 232 valence electrons. The van der Waals surface area contributed by atoms with Crippen LogP contribution < -0.4 is 0 Å². The van der Waals surface area contributed by atoms with Gasteiger partial charge in [-0.25, -0.2) is 8.37 Å². The lowest BCUT2D eigenvalue weighted by molar-refractivity contribution is -0.0710. The van der Waals surface area contributed by atoms with Gasteiger partial charge >= 0.3 is 10.4 Å². The lowest BCUT2D eigenvalue weighted by atomic mass is 9.50. The standard InChI is InChI=1S/C36H58O4S/c1-35-17-3-5-33(35)31-11-7-23-21-25(9-13-27(23)29(31)15-19-35)39-41(37,38)40-26-10-14-28-24(22-26)8-12-32-30(28)16-20-36(2)18-4-6-34(32)36/h23-34H,3-22H2,1-2H3/t23-,24-,25-,26-,27+,28+,29-,30-,31-,32-,33+,34+,35+,36+/m1/s1. The largest absolute Gasteiger partial charge is 0.400 e. The Bertz CT molecular complexity index is 1010. The summed E-state index contributed by atoms with van der Waals surface area (Å²) in [6.07, 6.45) is 25.3. The minimum absolute atomic E-state index is 0.173. The molecule has 0 unspecified atom stereocenters. The smallest absolute Gasteiger partial charge is 0.245 e. The van der Waals surface area contributed by atoms with Gasteiger partial charge in [-0.05, 0) is 186 Å². The zero-order valence-corrected chi connectivity index (χ0v) is 26.9. The van der Waals surface area contributed by atoms with E-state index in [1.807, 2.05) is 0 Å². The quantitative estimate of drug-likeness (QED) is 0.330.